The maximum atomic E-state index is 12.7. The number of thiophene rings is 1. The van der Waals surface area contributed by atoms with E-state index in [1.54, 1.807) is 0 Å². The molecule has 0 saturated carbocycles. The highest BCUT2D eigenvalue weighted by Gasteiger charge is 2.30. The zero-order valence-corrected chi connectivity index (χ0v) is 14.9. The Morgan fingerprint density at radius 2 is 2.15 bits per heavy atom. The fourth-order valence-corrected chi connectivity index (χ4v) is 3.88. The molecular formula is C16H12F3N3O2S2. The van der Waals surface area contributed by atoms with Gasteiger partial charge in [-0.25, -0.2) is 4.98 Å². The average molecular weight is 399 g/mol. The Bertz CT molecular complexity index is 1030. The molecule has 0 radical (unpaired) electrons. The third-order valence-corrected chi connectivity index (χ3v) is 5.28. The highest BCUT2D eigenvalue weighted by Crippen LogP contribution is 2.30. The zero-order chi connectivity index (χ0) is 18.9. The van der Waals surface area contributed by atoms with Gasteiger partial charge in [0.25, 0.3) is 5.56 Å². The van der Waals surface area contributed by atoms with Gasteiger partial charge in [0.15, 0.2) is 5.16 Å². The summed E-state index contributed by atoms with van der Waals surface area (Å²) in [5, 5.41) is 5.03. The van der Waals surface area contributed by atoms with Crippen LogP contribution >= 0.6 is 23.1 Å². The minimum absolute atomic E-state index is 0.0520. The molecule has 5 nitrogen and oxygen atoms in total. The molecule has 0 aliphatic carbocycles. The number of amides is 1. The fourth-order valence-electron chi connectivity index (χ4n) is 2.24. The summed E-state index contributed by atoms with van der Waals surface area (Å²) in [7, 11) is 0. The van der Waals surface area contributed by atoms with Crippen molar-refractivity contribution in [3.05, 3.63) is 51.1 Å². The maximum Gasteiger partial charge on any atom is 0.416 e. The number of nitrogens with one attached hydrogen (secondary N) is 2. The number of thioether (sulfide) groups is 1. The third kappa shape index (κ3) is 4.07. The largest absolute Gasteiger partial charge is 0.416 e. The molecule has 2 heterocycles. The lowest BCUT2D eigenvalue weighted by atomic mass is 10.2. The van der Waals surface area contributed by atoms with E-state index in [9.17, 15) is 22.8 Å². The number of halogens is 3. The number of aromatic nitrogens is 2. The number of carbonyl (C=O) groups excluding carboxylic acids is 1. The van der Waals surface area contributed by atoms with E-state index in [0.29, 0.717) is 10.2 Å². The van der Waals surface area contributed by atoms with Gasteiger partial charge in [-0.1, -0.05) is 17.8 Å². The Balaban J connectivity index is 1.67. The Hall–Kier alpha value is -2.33. The molecule has 1 amide bonds. The van der Waals surface area contributed by atoms with E-state index in [1.807, 2.05) is 12.3 Å². The second kappa shape index (κ2) is 7.12. The van der Waals surface area contributed by atoms with Crippen LogP contribution in [0.4, 0.5) is 18.9 Å². The first kappa shape index (κ1) is 18.5. The van der Waals surface area contributed by atoms with Gasteiger partial charge in [-0.2, -0.15) is 13.2 Å². The number of aryl methyl sites for hydroxylation is 1. The molecule has 136 valence electrons. The van der Waals surface area contributed by atoms with Crippen LogP contribution in [0.25, 0.3) is 10.2 Å². The number of hydrogen-bond acceptors (Lipinski definition) is 5. The second-order valence-corrected chi connectivity index (χ2v) is 7.21. The normalized spacial score (nSPS) is 11.7. The van der Waals surface area contributed by atoms with Crippen LogP contribution in [0.15, 0.2) is 39.6 Å². The topological polar surface area (TPSA) is 74.8 Å². The van der Waals surface area contributed by atoms with Gasteiger partial charge in [0.2, 0.25) is 5.91 Å². The van der Waals surface area contributed by atoms with Crippen molar-refractivity contribution in [1.82, 2.24) is 9.97 Å². The highest BCUT2D eigenvalue weighted by atomic mass is 32.2. The number of anilines is 1. The van der Waals surface area contributed by atoms with Crippen LogP contribution < -0.4 is 10.9 Å². The first-order valence-corrected chi connectivity index (χ1v) is 9.18. The number of fused-ring (bicyclic) bond motifs is 1. The average Bonchev–Trinajstić information content (AvgIpc) is 2.94. The Morgan fingerprint density at radius 1 is 1.38 bits per heavy atom. The number of alkyl halides is 3. The maximum absolute atomic E-state index is 12.7. The number of benzene rings is 1. The SMILES string of the molecule is Cc1csc2nc(SCC(=O)Nc3cccc(C(F)(F)F)c3)[nH]c(=O)c12. The monoisotopic (exact) mass is 399 g/mol. The summed E-state index contributed by atoms with van der Waals surface area (Å²) in [4.78, 5) is 31.5. The van der Waals surface area contributed by atoms with Crippen molar-refractivity contribution in [1.29, 1.82) is 0 Å². The van der Waals surface area contributed by atoms with Gasteiger partial charge in [-0.3, -0.25) is 9.59 Å². The number of nitrogens with zero attached hydrogens (tertiary/aromatic N) is 1. The molecule has 0 bridgehead atoms. The minimum Gasteiger partial charge on any atom is -0.325 e. The summed E-state index contributed by atoms with van der Waals surface area (Å²) < 4.78 is 38.1. The Labute approximate surface area is 153 Å². The summed E-state index contributed by atoms with van der Waals surface area (Å²) in [5.41, 5.74) is -0.240. The van der Waals surface area contributed by atoms with E-state index in [0.717, 1.165) is 29.5 Å². The smallest absolute Gasteiger partial charge is 0.325 e. The van der Waals surface area contributed by atoms with Gasteiger partial charge < -0.3 is 10.3 Å². The molecule has 2 N–H and O–H groups in total. The molecule has 10 heteroatoms. The quantitative estimate of drug-likeness (QED) is 0.513. The Kier molecular flexibility index (Phi) is 5.05. The number of aromatic amines is 1. The van der Waals surface area contributed by atoms with E-state index in [2.05, 4.69) is 15.3 Å². The molecule has 3 rings (SSSR count). The van der Waals surface area contributed by atoms with E-state index >= 15 is 0 Å². The van der Waals surface area contributed by atoms with Crippen molar-refractivity contribution in [2.45, 2.75) is 18.3 Å². The summed E-state index contributed by atoms with van der Waals surface area (Å²) in [6.07, 6.45) is -4.48. The van der Waals surface area contributed by atoms with Crippen LogP contribution in [0, 0.1) is 6.92 Å². The van der Waals surface area contributed by atoms with Gasteiger partial charge in [0.05, 0.1) is 16.7 Å². The lowest BCUT2D eigenvalue weighted by Gasteiger charge is -2.09. The van der Waals surface area contributed by atoms with E-state index in [1.165, 1.54) is 23.5 Å². The number of H-pyrrole nitrogens is 1. The molecule has 0 aliphatic heterocycles. The molecule has 2 aromatic heterocycles. The van der Waals surface area contributed by atoms with E-state index in [4.69, 9.17) is 0 Å². The molecule has 0 unspecified atom stereocenters. The fraction of sp³-hybridized carbons (Fsp3) is 0.188. The molecule has 3 aromatic rings. The summed E-state index contributed by atoms with van der Waals surface area (Å²) in [5.74, 6) is -0.603. The van der Waals surface area contributed by atoms with Crippen LogP contribution in [-0.2, 0) is 11.0 Å². The van der Waals surface area contributed by atoms with Gasteiger partial charge in [0, 0.05) is 5.69 Å². The second-order valence-electron chi connectivity index (χ2n) is 5.39. The Morgan fingerprint density at radius 3 is 2.88 bits per heavy atom. The molecule has 0 fully saturated rings. The number of hydrogen-bond donors (Lipinski definition) is 2. The van der Waals surface area contributed by atoms with Gasteiger partial charge >= 0.3 is 6.18 Å². The van der Waals surface area contributed by atoms with Crippen molar-refractivity contribution < 1.29 is 18.0 Å². The zero-order valence-electron chi connectivity index (χ0n) is 13.3. The summed E-state index contributed by atoms with van der Waals surface area (Å²) >= 11 is 2.33. The molecule has 0 aliphatic rings. The first-order chi connectivity index (χ1) is 12.2. The van der Waals surface area contributed by atoms with Gasteiger partial charge in [-0.15, -0.1) is 11.3 Å². The highest BCUT2D eigenvalue weighted by molar-refractivity contribution is 7.99. The van der Waals surface area contributed by atoms with E-state index in [-0.39, 0.29) is 22.2 Å². The molecule has 0 spiro atoms. The first-order valence-electron chi connectivity index (χ1n) is 7.32. The van der Waals surface area contributed by atoms with Crippen LogP contribution in [0.1, 0.15) is 11.1 Å². The van der Waals surface area contributed by atoms with Crippen LogP contribution in [0.5, 0.6) is 0 Å². The number of carbonyl (C=O) groups is 1. The lowest BCUT2D eigenvalue weighted by Crippen LogP contribution is -2.16. The molecule has 1 aromatic carbocycles. The van der Waals surface area contributed by atoms with Crippen molar-refractivity contribution in [3.63, 3.8) is 0 Å². The van der Waals surface area contributed by atoms with Crippen molar-refractivity contribution in [3.8, 4) is 0 Å². The summed E-state index contributed by atoms with van der Waals surface area (Å²) in [6.45, 7) is 1.81. The van der Waals surface area contributed by atoms with Crippen molar-refractivity contribution in [2.24, 2.45) is 0 Å². The van der Waals surface area contributed by atoms with E-state index < -0.39 is 17.6 Å². The predicted molar refractivity (Wildman–Crippen MR) is 95.8 cm³/mol. The van der Waals surface area contributed by atoms with Gasteiger partial charge in [0.1, 0.15) is 4.83 Å². The van der Waals surface area contributed by atoms with Crippen LogP contribution in [-0.4, -0.2) is 21.6 Å². The molecule has 0 saturated heterocycles. The van der Waals surface area contributed by atoms with Crippen molar-refractivity contribution in [2.75, 3.05) is 11.1 Å². The van der Waals surface area contributed by atoms with Crippen molar-refractivity contribution >= 4 is 44.9 Å². The van der Waals surface area contributed by atoms with Crippen LogP contribution in [0.3, 0.4) is 0 Å². The number of rotatable bonds is 4. The molecule has 0 atom stereocenters. The predicted octanol–water partition coefficient (Wildman–Crippen LogP) is 4.04. The molecule has 26 heavy (non-hydrogen) atoms. The third-order valence-electron chi connectivity index (χ3n) is 3.42. The standard InChI is InChI=1S/C16H12F3N3O2S2/c1-8-6-25-14-12(8)13(24)21-15(22-14)26-7-11(23)20-10-4-2-3-9(5-10)16(17,18)19/h2-6H,7H2,1H3,(H,20,23)(H,21,22,24). The van der Waals surface area contributed by atoms with Crippen LogP contribution in [0.2, 0.25) is 0 Å². The summed E-state index contributed by atoms with van der Waals surface area (Å²) in [6, 6.07) is 4.39. The molecular weight excluding hydrogens is 387 g/mol. The minimum atomic E-state index is -4.48. The lowest BCUT2D eigenvalue weighted by molar-refractivity contribution is -0.137. The van der Waals surface area contributed by atoms with Gasteiger partial charge in [-0.05, 0) is 36.1 Å².